The third-order valence-electron chi connectivity index (χ3n) is 12.0. The summed E-state index contributed by atoms with van der Waals surface area (Å²) in [5.41, 5.74) is 0. The molecule has 0 radical (unpaired) electrons. The minimum absolute atomic E-state index is 0.0836. The van der Waals surface area contributed by atoms with Gasteiger partial charge in [0.1, 0.15) is 13.2 Å². The van der Waals surface area contributed by atoms with Crippen LogP contribution in [0.3, 0.4) is 0 Å². The Kier molecular flexibility index (Phi) is 51.3. The van der Waals surface area contributed by atoms with Crippen LogP contribution in [0.5, 0.6) is 0 Å². The van der Waals surface area contributed by atoms with Crippen LogP contribution < -0.4 is 0 Å². The summed E-state index contributed by atoms with van der Waals surface area (Å²) in [4.78, 5) is 38.1. The number of allylic oxidation sites excluding steroid dienone is 10. The molecule has 0 amide bonds. The highest BCUT2D eigenvalue weighted by Crippen LogP contribution is 2.16. The molecule has 0 aromatic rings. The zero-order valence-corrected chi connectivity index (χ0v) is 43.0. The molecule has 0 saturated carbocycles. The zero-order valence-electron chi connectivity index (χ0n) is 43.0. The lowest BCUT2D eigenvalue weighted by atomic mass is 10.0. The molecule has 0 spiro atoms. The lowest BCUT2D eigenvalue weighted by molar-refractivity contribution is -0.167. The van der Waals surface area contributed by atoms with Gasteiger partial charge in [0.15, 0.2) is 6.10 Å². The molecule has 0 N–H and O–H groups in total. The number of hydrogen-bond acceptors (Lipinski definition) is 6. The molecule has 0 fully saturated rings. The summed E-state index contributed by atoms with van der Waals surface area (Å²) >= 11 is 0. The smallest absolute Gasteiger partial charge is 0.306 e. The molecule has 376 valence electrons. The number of rotatable bonds is 50. The second-order valence-electron chi connectivity index (χ2n) is 18.5. The Labute approximate surface area is 402 Å². The summed E-state index contributed by atoms with van der Waals surface area (Å²) in [6, 6.07) is 0. The van der Waals surface area contributed by atoms with Crippen LogP contribution in [0.25, 0.3) is 0 Å². The Bertz CT molecular complexity index is 1180. The van der Waals surface area contributed by atoms with Gasteiger partial charge >= 0.3 is 17.9 Å². The van der Waals surface area contributed by atoms with Gasteiger partial charge in [-0.1, -0.05) is 236 Å². The maximum Gasteiger partial charge on any atom is 0.306 e. The third-order valence-corrected chi connectivity index (χ3v) is 12.0. The Morgan fingerprint density at radius 1 is 0.323 bits per heavy atom. The normalized spacial score (nSPS) is 12.5. The predicted molar refractivity (Wildman–Crippen MR) is 279 cm³/mol. The van der Waals surface area contributed by atoms with E-state index in [9.17, 15) is 14.4 Å². The second-order valence-corrected chi connectivity index (χ2v) is 18.5. The molecule has 0 bridgehead atoms. The summed E-state index contributed by atoms with van der Waals surface area (Å²) in [7, 11) is 0. The molecule has 0 aliphatic carbocycles. The molecule has 0 aromatic carbocycles. The van der Waals surface area contributed by atoms with Gasteiger partial charge in [0.2, 0.25) is 0 Å². The predicted octanol–water partition coefficient (Wildman–Crippen LogP) is 18.4. The topological polar surface area (TPSA) is 78.9 Å². The van der Waals surface area contributed by atoms with E-state index in [2.05, 4.69) is 81.5 Å². The zero-order chi connectivity index (χ0) is 47.2. The van der Waals surface area contributed by atoms with E-state index >= 15 is 0 Å². The van der Waals surface area contributed by atoms with Crippen molar-refractivity contribution in [1.29, 1.82) is 0 Å². The first kappa shape index (κ1) is 62.1. The Hall–Kier alpha value is -2.89. The molecule has 0 aromatic heterocycles. The molecular weight excluding hydrogens is 805 g/mol. The monoisotopic (exact) mass is 909 g/mol. The van der Waals surface area contributed by atoms with Crippen LogP contribution in [0.4, 0.5) is 0 Å². The third kappa shape index (κ3) is 51.9. The van der Waals surface area contributed by atoms with Gasteiger partial charge in [0.25, 0.3) is 0 Å². The van der Waals surface area contributed by atoms with E-state index in [0.29, 0.717) is 19.3 Å². The molecule has 0 aliphatic rings. The highest BCUT2D eigenvalue weighted by Gasteiger charge is 2.19. The minimum atomic E-state index is -0.787. The van der Waals surface area contributed by atoms with Gasteiger partial charge < -0.3 is 14.2 Å². The van der Waals surface area contributed by atoms with Crippen molar-refractivity contribution in [3.05, 3.63) is 60.8 Å². The molecule has 0 unspecified atom stereocenters. The summed E-state index contributed by atoms with van der Waals surface area (Å²) in [6.45, 7) is 6.50. The average molecular weight is 909 g/mol. The number of ether oxygens (including phenoxy) is 3. The van der Waals surface area contributed by atoms with E-state index in [1.54, 1.807) is 0 Å². The van der Waals surface area contributed by atoms with Crippen molar-refractivity contribution < 1.29 is 28.6 Å². The maximum atomic E-state index is 12.8. The fourth-order valence-corrected chi connectivity index (χ4v) is 7.84. The van der Waals surface area contributed by atoms with E-state index in [0.717, 1.165) is 116 Å². The van der Waals surface area contributed by atoms with Gasteiger partial charge in [-0.3, -0.25) is 14.4 Å². The van der Waals surface area contributed by atoms with Gasteiger partial charge in [0.05, 0.1) is 0 Å². The summed E-state index contributed by atoms with van der Waals surface area (Å²) in [5, 5.41) is 0. The first-order valence-corrected chi connectivity index (χ1v) is 27.8. The fraction of sp³-hybridized carbons (Fsp3) is 0.780. The standard InChI is InChI=1S/C59H104O6/c1-4-7-10-13-16-19-22-25-28-29-32-34-37-40-43-46-49-52-58(61)64-55-56(65-59(62)53-50-47-44-41-38-35-31-27-24-21-18-15-12-9-6-3)54-63-57(60)51-48-45-42-39-36-33-30-26-23-20-17-14-11-8-5-2/h9,12,17-18,20-21,26-27,30-31,56H,4-8,10-11,13-16,19,22-25,28-29,32-55H2,1-3H3/b12-9+,20-17+,21-18+,30-26+,31-27+/t56-/m1/s1. The van der Waals surface area contributed by atoms with Crippen LogP contribution in [0.2, 0.25) is 0 Å². The minimum Gasteiger partial charge on any atom is -0.462 e. The summed E-state index contributed by atoms with van der Waals surface area (Å²) in [5.74, 6) is -0.905. The van der Waals surface area contributed by atoms with E-state index < -0.39 is 6.10 Å². The molecule has 6 heteroatoms. The molecule has 65 heavy (non-hydrogen) atoms. The first-order valence-electron chi connectivity index (χ1n) is 27.8. The number of esters is 3. The molecule has 6 nitrogen and oxygen atoms in total. The molecule has 0 rings (SSSR count). The van der Waals surface area contributed by atoms with Crippen molar-refractivity contribution in [3.63, 3.8) is 0 Å². The van der Waals surface area contributed by atoms with E-state index in [1.165, 1.54) is 122 Å². The van der Waals surface area contributed by atoms with Crippen LogP contribution in [-0.2, 0) is 28.6 Å². The first-order chi connectivity index (χ1) is 32.0. The maximum absolute atomic E-state index is 12.8. The Morgan fingerprint density at radius 3 is 0.969 bits per heavy atom. The van der Waals surface area contributed by atoms with E-state index in [4.69, 9.17) is 14.2 Å². The quantitative estimate of drug-likeness (QED) is 0.0262. The van der Waals surface area contributed by atoms with Crippen molar-refractivity contribution >= 4 is 17.9 Å². The number of carbonyl (C=O) groups excluding carboxylic acids is 3. The molecule has 1 atom stereocenters. The fourth-order valence-electron chi connectivity index (χ4n) is 7.84. The molecule has 0 saturated heterocycles. The van der Waals surface area contributed by atoms with Crippen LogP contribution in [0.1, 0.15) is 278 Å². The number of hydrogen-bond donors (Lipinski definition) is 0. The van der Waals surface area contributed by atoms with Gasteiger partial charge in [-0.05, 0) is 83.5 Å². The molecule has 0 aliphatic heterocycles. The van der Waals surface area contributed by atoms with Crippen molar-refractivity contribution in [2.75, 3.05) is 13.2 Å². The number of carbonyl (C=O) groups is 3. The van der Waals surface area contributed by atoms with Crippen LogP contribution in [-0.4, -0.2) is 37.2 Å². The van der Waals surface area contributed by atoms with Crippen LogP contribution >= 0.6 is 0 Å². The largest absolute Gasteiger partial charge is 0.462 e. The summed E-state index contributed by atoms with van der Waals surface area (Å²) < 4.78 is 16.8. The van der Waals surface area contributed by atoms with E-state index in [1.807, 2.05) is 0 Å². The summed E-state index contributed by atoms with van der Waals surface area (Å²) in [6.07, 6.45) is 66.3. The van der Waals surface area contributed by atoms with Gasteiger partial charge in [-0.25, -0.2) is 0 Å². The van der Waals surface area contributed by atoms with E-state index in [-0.39, 0.29) is 31.1 Å². The van der Waals surface area contributed by atoms with Crippen molar-refractivity contribution in [2.45, 2.75) is 284 Å². The second kappa shape index (κ2) is 53.7. The molecule has 0 heterocycles. The Balaban J connectivity index is 4.40. The highest BCUT2D eigenvalue weighted by molar-refractivity contribution is 5.71. The van der Waals surface area contributed by atoms with Crippen LogP contribution in [0.15, 0.2) is 60.8 Å². The van der Waals surface area contributed by atoms with Crippen LogP contribution in [0, 0.1) is 0 Å². The lowest BCUT2D eigenvalue weighted by Crippen LogP contribution is -2.30. The van der Waals surface area contributed by atoms with Crippen molar-refractivity contribution in [2.24, 2.45) is 0 Å². The van der Waals surface area contributed by atoms with Gasteiger partial charge in [-0.2, -0.15) is 0 Å². The average Bonchev–Trinajstić information content (AvgIpc) is 3.30. The van der Waals surface area contributed by atoms with Crippen molar-refractivity contribution in [1.82, 2.24) is 0 Å². The molecular formula is C59H104O6. The SMILES string of the molecule is CC/C=C/C/C=C/C/C=C/CCCCCCCC(=O)O[C@H](COC(=O)CCCCCCC/C=C/C/C=C/CCCCC)COC(=O)CCCCCCCCCCCCCCCCCCC. The highest BCUT2D eigenvalue weighted by atomic mass is 16.6. The Morgan fingerprint density at radius 2 is 0.600 bits per heavy atom. The van der Waals surface area contributed by atoms with Gasteiger partial charge in [-0.15, -0.1) is 0 Å². The van der Waals surface area contributed by atoms with Gasteiger partial charge in [0, 0.05) is 19.3 Å². The number of unbranched alkanes of at least 4 members (excludes halogenated alkanes) is 29. The lowest BCUT2D eigenvalue weighted by Gasteiger charge is -2.18. The van der Waals surface area contributed by atoms with Crippen molar-refractivity contribution in [3.8, 4) is 0 Å².